The first-order valence-corrected chi connectivity index (χ1v) is 11.5. The van der Waals surface area contributed by atoms with Gasteiger partial charge in [0.15, 0.2) is 5.65 Å². The van der Waals surface area contributed by atoms with Crippen molar-refractivity contribution < 1.29 is 18.0 Å². The van der Waals surface area contributed by atoms with Gasteiger partial charge in [0.2, 0.25) is 15.9 Å². The minimum Gasteiger partial charge on any atom is -0.369 e. The van der Waals surface area contributed by atoms with Crippen molar-refractivity contribution in [3.63, 3.8) is 0 Å². The molecule has 0 bridgehead atoms. The lowest BCUT2D eigenvalue weighted by atomic mass is 10.1. The molecule has 2 aromatic rings. The number of nitrogens with zero attached hydrogens (tertiary/aromatic N) is 4. The Morgan fingerprint density at radius 3 is 2.72 bits per heavy atom. The molecule has 2 aromatic heterocycles. The number of fused-ring (bicyclic) bond motifs is 1. The van der Waals surface area contributed by atoms with Gasteiger partial charge >= 0.3 is 0 Å². The molecule has 1 saturated heterocycles. The third-order valence-corrected chi connectivity index (χ3v) is 8.56. The topological polar surface area (TPSA) is 140 Å². The summed E-state index contributed by atoms with van der Waals surface area (Å²) >= 11 is 0.930. The molecule has 10 nitrogen and oxygen atoms in total. The van der Waals surface area contributed by atoms with E-state index in [2.05, 4.69) is 15.4 Å². The monoisotopic (exact) mass is 436 g/mol. The molecule has 2 amide bonds. The summed E-state index contributed by atoms with van der Waals surface area (Å²) in [6.07, 6.45) is 8.51. The number of hydrogen-bond acceptors (Lipinski definition) is 7. The lowest BCUT2D eigenvalue weighted by Crippen LogP contribution is -2.41. The van der Waals surface area contributed by atoms with Crippen molar-refractivity contribution in [2.45, 2.75) is 24.6 Å². The van der Waals surface area contributed by atoms with Gasteiger partial charge in [0.05, 0.1) is 17.5 Å². The Morgan fingerprint density at radius 1 is 1.24 bits per heavy atom. The SMILES string of the molecule is NC(=O)C1C=C(S(=O)(=O)N2CCCCC2)SC1NC(=O)c1cnn2cccnc12. The van der Waals surface area contributed by atoms with Crippen molar-refractivity contribution >= 4 is 39.2 Å². The number of carbonyl (C=O) groups is 2. The fourth-order valence-electron chi connectivity index (χ4n) is 3.40. The zero-order chi connectivity index (χ0) is 20.6. The molecule has 29 heavy (non-hydrogen) atoms. The summed E-state index contributed by atoms with van der Waals surface area (Å²) < 4.78 is 28.8. The minimum absolute atomic E-state index is 0.0477. The normalized spacial score (nSPS) is 23.1. The molecule has 0 saturated carbocycles. The number of hydrogen-bond donors (Lipinski definition) is 2. The summed E-state index contributed by atoms with van der Waals surface area (Å²) in [4.78, 5) is 28.8. The van der Waals surface area contributed by atoms with Gasteiger partial charge in [0.1, 0.15) is 9.80 Å². The van der Waals surface area contributed by atoms with E-state index in [1.54, 1.807) is 12.3 Å². The Hall–Kier alpha value is -2.44. The molecule has 12 heteroatoms. The maximum Gasteiger partial charge on any atom is 0.257 e. The van der Waals surface area contributed by atoms with Crippen LogP contribution < -0.4 is 11.1 Å². The molecule has 1 fully saturated rings. The van der Waals surface area contributed by atoms with Crippen LogP contribution >= 0.6 is 11.8 Å². The maximum absolute atomic E-state index is 12.9. The summed E-state index contributed by atoms with van der Waals surface area (Å²) in [6.45, 7) is 0.902. The van der Waals surface area contributed by atoms with Gasteiger partial charge in [-0.3, -0.25) is 9.59 Å². The number of piperidine rings is 1. The average Bonchev–Trinajstić information content (AvgIpc) is 3.33. The molecule has 0 aliphatic carbocycles. The van der Waals surface area contributed by atoms with Gasteiger partial charge in [0.25, 0.3) is 5.91 Å². The average molecular weight is 437 g/mol. The lowest BCUT2D eigenvalue weighted by Gasteiger charge is -2.26. The van der Waals surface area contributed by atoms with Crippen LogP contribution in [0, 0.1) is 5.92 Å². The van der Waals surface area contributed by atoms with Crippen LogP contribution in [0.15, 0.2) is 35.0 Å². The van der Waals surface area contributed by atoms with E-state index in [9.17, 15) is 18.0 Å². The van der Waals surface area contributed by atoms with Gasteiger partial charge in [0, 0.05) is 25.5 Å². The minimum atomic E-state index is -3.72. The Labute approximate surface area is 171 Å². The maximum atomic E-state index is 12.9. The van der Waals surface area contributed by atoms with Gasteiger partial charge < -0.3 is 11.1 Å². The first-order chi connectivity index (χ1) is 13.9. The molecule has 2 unspecified atom stereocenters. The van der Waals surface area contributed by atoms with E-state index in [1.165, 1.54) is 27.3 Å². The van der Waals surface area contributed by atoms with Crippen LogP contribution in [0.3, 0.4) is 0 Å². The second-order valence-corrected chi connectivity index (χ2v) is 10.2. The van der Waals surface area contributed by atoms with Crippen LogP contribution in [0.25, 0.3) is 5.65 Å². The van der Waals surface area contributed by atoms with Gasteiger partial charge in [-0.15, -0.1) is 0 Å². The van der Waals surface area contributed by atoms with Gasteiger partial charge in [-0.2, -0.15) is 9.40 Å². The molecule has 2 atom stereocenters. The van der Waals surface area contributed by atoms with Crippen LogP contribution in [0.5, 0.6) is 0 Å². The molecule has 3 N–H and O–H groups in total. The highest BCUT2D eigenvalue weighted by molar-refractivity contribution is 8.18. The van der Waals surface area contributed by atoms with Crippen molar-refractivity contribution in [1.82, 2.24) is 24.2 Å². The quantitative estimate of drug-likeness (QED) is 0.686. The fourth-order valence-corrected chi connectivity index (χ4v) is 6.82. The second-order valence-electron chi connectivity index (χ2n) is 6.84. The van der Waals surface area contributed by atoms with Crippen LogP contribution in [0.1, 0.15) is 29.6 Å². The first-order valence-electron chi connectivity index (χ1n) is 9.15. The van der Waals surface area contributed by atoms with E-state index in [-0.39, 0.29) is 9.80 Å². The van der Waals surface area contributed by atoms with E-state index in [0.29, 0.717) is 18.7 Å². The van der Waals surface area contributed by atoms with E-state index in [1.807, 2.05) is 0 Å². The third kappa shape index (κ3) is 3.74. The number of sulfonamides is 1. The predicted octanol–water partition coefficient (Wildman–Crippen LogP) is 0.291. The van der Waals surface area contributed by atoms with Crippen molar-refractivity contribution in [2.24, 2.45) is 11.7 Å². The van der Waals surface area contributed by atoms with E-state index < -0.39 is 33.1 Å². The number of amides is 2. The van der Waals surface area contributed by atoms with E-state index >= 15 is 0 Å². The first kappa shape index (κ1) is 19.9. The number of nitrogens with two attached hydrogens (primary N) is 1. The Balaban J connectivity index is 1.55. The number of nitrogens with one attached hydrogen (secondary N) is 1. The van der Waals surface area contributed by atoms with Crippen molar-refractivity contribution in [3.8, 4) is 0 Å². The number of primary amides is 1. The van der Waals surface area contributed by atoms with E-state index in [4.69, 9.17) is 5.73 Å². The van der Waals surface area contributed by atoms with E-state index in [0.717, 1.165) is 31.0 Å². The summed E-state index contributed by atoms with van der Waals surface area (Å²) in [5, 5.41) is 5.94. The molecule has 0 radical (unpaired) electrons. The number of thioether (sulfide) groups is 1. The lowest BCUT2D eigenvalue weighted by molar-refractivity contribution is -0.120. The molecule has 2 aliphatic rings. The van der Waals surface area contributed by atoms with Crippen molar-refractivity contribution in [3.05, 3.63) is 40.5 Å². The van der Waals surface area contributed by atoms with Crippen molar-refractivity contribution in [2.75, 3.05) is 13.1 Å². The van der Waals surface area contributed by atoms with Crippen LogP contribution in [-0.4, -0.2) is 57.6 Å². The van der Waals surface area contributed by atoms with Crippen LogP contribution in [-0.2, 0) is 14.8 Å². The number of aromatic nitrogens is 3. The largest absolute Gasteiger partial charge is 0.369 e. The van der Waals surface area contributed by atoms with Gasteiger partial charge in [-0.25, -0.2) is 17.9 Å². The molecular formula is C17H20N6O4S2. The summed E-state index contributed by atoms with van der Waals surface area (Å²) in [7, 11) is -3.72. The molecular weight excluding hydrogens is 416 g/mol. The summed E-state index contributed by atoms with van der Waals surface area (Å²) in [5.41, 5.74) is 6.05. The Bertz CT molecular complexity index is 1090. The molecule has 4 heterocycles. The summed E-state index contributed by atoms with van der Waals surface area (Å²) in [5.74, 6) is -2.15. The Kier molecular flexibility index (Phi) is 5.32. The van der Waals surface area contributed by atoms with Crippen LogP contribution in [0.2, 0.25) is 0 Å². The highest BCUT2D eigenvalue weighted by Gasteiger charge is 2.41. The highest BCUT2D eigenvalue weighted by atomic mass is 32.3. The zero-order valence-corrected chi connectivity index (χ0v) is 17.0. The van der Waals surface area contributed by atoms with Gasteiger partial charge in [-0.05, 0) is 25.0 Å². The fraction of sp³-hybridized carbons (Fsp3) is 0.412. The van der Waals surface area contributed by atoms with Gasteiger partial charge in [-0.1, -0.05) is 18.2 Å². The zero-order valence-electron chi connectivity index (χ0n) is 15.4. The molecule has 0 aromatic carbocycles. The highest BCUT2D eigenvalue weighted by Crippen LogP contribution is 2.40. The molecule has 154 valence electrons. The van der Waals surface area contributed by atoms with Crippen LogP contribution in [0.4, 0.5) is 0 Å². The molecule has 2 aliphatic heterocycles. The number of carbonyl (C=O) groups excluding carboxylic acids is 2. The molecule has 0 spiro atoms. The summed E-state index contributed by atoms with van der Waals surface area (Å²) in [6, 6.07) is 1.68. The Morgan fingerprint density at radius 2 is 2.00 bits per heavy atom. The predicted molar refractivity (Wildman–Crippen MR) is 107 cm³/mol. The number of rotatable bonds is 5. The molecule has 4 rings (SSSR count). The van der Waals surface area contributed by atoms with Crippen molar-refractivity contribution in [1.29, 1.82) is 0 Å². The standard InChI is InChI=1S/C17H20N6O4S2/c18-14(24)11-9-13(29(26,27)22-6-2-1-3-7-22)28-17(11)21-16(25)12-10-20-23-8-4-5-19-15(12)23/h4-5,8-11,17H,1-3,6-7H2,(H2,18,24)(H,21,25). The second kappa shape index (κ2) is 7.76. The third-order valence-electron chi connectivity index (χ3n) is 4.92. The smallest absolute Gasteiger partial charge is 0.257 e.